The third-order valence-corrected chi connectivity index (χ3v) is 8.46. The number of phosphoric acid groups is 1. The van der Waals surface area contributed by atoms with Crippen LogP contribution in [0.1, 0.15) is 129 Å². The van der Waals surface area contributed by atoms with Crippen LogP contribution in [-0.4, -0.2) is 47.8 Å². The second kappa shape index (κ2) is 35.5. The van der Waals surface area contributed by atoms with Gasteiger partial charge >= 0.3 is 7.82 Å². The smallest absolute Gasteiger partial charge is 0.387 e. The predicted molar refractivity (Wildman–Crippen MR) is 207 cm³/mol. The topological polar surface area (TPSA) is 131 Å². The summed E-state index contributed by atoms with van der Waals surface area (Å²) in [6.07, 6.45) is 46.4. The fraction of sp³-hybridized carbons (Fsp3) is 0.625. The van der Waals surface area contributed by atoms with Gasteiger partial charge in [-0.1, -0.05) is 137 Å². The van der Waals surface area contributed by atoms with Gasteiger partial charge < -0.3 is 21.1 Å². The van der Waals surface area contributed by atoms with Gasteiger partial charge in [0.15, 0.2) is 0 Å². The number of carbonyl (C=O) groups is 1. The van der Waals surface area contributed by atoms with Gasteiger partial charge in [0.1, 0.15) is 0 Å². The summed E-state index contributed by atoms with van der Waals surface area (Å²) in [4.78, 5) is 22.5. The Bertz CT molecular complexity index is 1030. The lowest BCUT2D eigenvalue weighted by Crippen LogP contribution is -2.45. The summed E-state index contributed by atoms with van der Waals surface area (Å²) < 4.78 is 22.0. The normalized spacial score (nSPS) is 15.3. The minimum Gasteiger partial charge on any atom is -0.387 e. The summed E-state index contributed by atoms with van der Waals surface area (Å²) >= 11 is 0. The molecule has 0 saturated carbocycles. The van der Waals surface area contributed by atoms with E-state index in [4.69, 9.17) is 14.8 Å². The third kappa shape index (κ3) is 33.9. The summed E-state index contributed by atoms with van der Waals surface area (Å²) in [6.45, 7) is 3.91. The molecule has 0 heterocycles. The molecule has 0 aromatic heterocycles. The molecule has 0 aliphatic carbocycles. The van der Waals surface area contributed by atoms with E-state index in [1.54, 1.807) is 6.08 Å². The monoisotopic (exact) mass is 704 g/mol. The van der Waals surface area contributed by atoms with Crippen molar-refractivity contribution in [3.05, 3.63) is 85.1 Å². The maximum absolute atomic E-state index is 12.7. The molecule has 3 atom stereocenters. The van der Waals surface area contributed by atoms with Crippen LogP contribution in [0.2, 0.25) is 0 Å². The first-order valence-corrected chi connectivity index (χ1v) is 20.2. The van der Waals surface area contributed by atoms with Crippen LogP contribution in [0.5, 0.6) is 0 Å². The largest absolute Gasteiger partial charge is 0.472 e. The van der Waals surface area contributed by atoms with Crippen molar-refractivity contribution >= 4 is 13.7 Å². The van der Waals surface area contributed by atoms with Crippen molar-refractivity contribution in [1.29, 1.82) is 0 Å². The number of carbonyl (C=O) groups excluding carboxylic acids is 1. The zero-order valence-corrected chi connectivity index (χ0v) is 31.5. The van der Waals surface area contributed by atoms with Crippen LogP contribution in [0.15, 0.2) is 85.1 Å². The van der Waals surface area contributed by atoms with Crippen molar-refractivity contribution in [2.75, 3.05) is 19.8 Å². The number of allylic oxidation sites excluding steroid dienone is 13. The van der Waals surface area contributed by atoms with E-state index in [9.17, 15) is 19.4 Å². The molecule has 5 N–H and O–H groups in total. The maximum Gasteiger partial charge on any atom is 0.472 e. The lowest BCUT2D eigenvalue weighted by molar-refractivity contribution is -0.123. The highest BCUT2D eigenvalue weighted by atomic mass is 31.2. The van der Waals surface area contributed by atoms with Crippen LogP contribution in [0.3, 0.4) is 0 Å². The molecular formula is C40H69N2O6P. The molecule has 0 aliphatic heterocycles. The maximum atomic E-state index is 12.7. The third-order valence-electron chi connectivity index (χ3n) is 7.48. The number of amides is 1. The Hall–Kier alpha value is -2.32. The van der Waals surface area contributed by atoms with Gasteiger partial charge in [0.2, 0.25) is 5.91 Å². The first-order valence-electron chi connectivity index (χ1n) is 18.7. The highest BCUT2D eigenvalue weighted by Gasteiger charge is 2.26. The van der Waals surface area contributed by atoms with Gasteiger partial charge in [-0.15, -0.1) is 0 Å². The summed E-state index contributed by atoms with van der Waals surface area (Å²) in [7, 11) is -4.35. The lowest BCUT2D eigenvalue weighted by Gasteiger charge is -2.23. The second-order valence-corrected chi connectivity index (χ2v) is 13.5. The van der Waals surface area contributed by atoms with Gasteiger partial charge in [-0.25, -0.2) is 4.57 Å². The molecule has 1 amide bonds. The van der Waals surface area contributed by atoms with E-state index in [1.807, 2.05) is 6.08 Å². The summed E-state index contributed by atoms with van der Waals surface area (Å²) in [5, 5.41) is 13.5. The van der Waals surface area contributed by atoms with Gasteiger partial charge in [-0.2, -0.15) is 0 Å². The second-order valence-electron chi connectivity index (χ2n) is 12.0. The highest BCUT2D eigenvalue weighted by Crippen LogP contribution is 2.43. The SMILES string of the molecule is CC/C=C\C/C=C\C/C=C\C/C=C\C/C=C\C/C=C\CCCCC(=O)NC(COP(=O)(O)OCCN)C(O)/C=C/CCCCCCCCC. The molecule has 0 saturated heterocycles. The zero-order chi connectivity index (χ0) is 36.1. The predicted octanol–water partition coefficient (Wildman–Crippen LogP) is 9.88. The fourth-order valence-corrected chi connectivity index (χ4v) is 5.42. The van der Waals surface area contributed by atoms with Crippen molar-refractivity contribution in [2.45, 2.75) is 142 Å². The molecule has 8 nitrogen and oxygen atoms in total. The van der Waals surface area contributed by atoms with Gasteiger partial charge in [0, 0.05) is 13.0 Å². The van der Waals surface area contributed by atoms with Gasteiger partial charge in [0.25, 0.3) is 0 Å². The number of aliphatic hydroxyl groups excluding tert-OH is 1. The van der Waals surface area contributed by atoms with Crippen LogP contribution in [0.4, 0.5) is 0 Å². The number of hydrogen-bond donors (Lipinski definition) is 4. The Morgan fingerprint density at radius 3 is 1.73 bits per heavy atom. The Morgan fingerprint density at radius 2 is 1.18 bits per heavy atom. The van der Waals surface area contributed by atoms with Crippen molar-refractivity contribution in [3.8, 4) is 0 Å². The van der Waals surface area contributed by atoms with Gasteiger partial charge in [-0.05, 0) is 70.6 Å². The number of nitrogens with one attached hydrogen (secondary N) is 1. The van der Waals surface area contributed by atoms with Crippen LogP contribution < -0.4 is 11.1 Å². The van der Waals surface area contributed by atoms with E-state index in [0.29, 0.717) is 6.42 Å². The number of aliphatic hydroxyl groups is 1. The first kappa shape index (κ1) is 46.7. The van der Waals surface area contributed by atoms with E-state index >= 15 is 0 Å². The van der Waals surface area contributed by atoms with Crippen molar-refractivity contribution in [2.24, 2.45) is 5.73 Å². The minimum absolute atomic E-state index is 0.0661. The summed E-state index contributed by atoms with van der Waals surface area (Å²) in [6, 6.07) is -0.886. The van der Waals surface area contributed by atoms with Crippen LogP contribution in [0.25, 0.3) is 0 Å². The minimum atomic E-state index is -4.35. The molecular weight excluding hydrogens is 635 g/mol. The fourth-order valence-electron chi connectivity index (χ4n) is 4.66. The molecule has 0 radical (unpaired) electrons. The molecule has 0 bridgehead atoms. The number of phosphoric ester groups is 1. The van der Waals surface area contributed by atoms with E-state index in [2.05, 4.69) is 92.1 Å². The molecule has 0 rings (SSSR count). The summed E-state index contributed by atoms with van der Waals surface area (Å²) in [5.41, 5.74) is 5.34. The van der Waals surface area contributed by atoms with E-state index in [-0.39, 0.29) is 32.1 Å². The Morgan fingerprint density at radius 1 is 0.694 bits per heavy atom. The van der Waals surface area contributed by atoms with Crippen LogP contribution >= 0.6 is 7.82 Å². The zero-order valence-electron chi connectivity index (χ0n) is 30.6. The van der Waals surface area contributed by atoms with Gasteiger partial charge in [0.05, 0.1) is 25.4 Å². The summed E-state index contributed by atoms with van der Waals surface area (Å²) in [5.74, 6) is -0.244. The molecule has 0 spiro atoms. The van der Waals surface area contributed by atoms with Crippen LogP contribution in [0, 0.1) is 0 Å². The molecule has 3 unspecified atom stereocenters. The Balaban J connectivity index is 4.36. The molecule has 0 aromatic rings. The highest BCUT2D eigenvalue weighted by molar-refractivity contribution is 7.47. The molecule has 49 heavy (non-hydrogen) atoms. The van der Waals surface area contributed by atoms with E-state index < -0.39 is 20.0 Å². The van der Waals surface area contributed by atoms with E-state index in [1.165, 1.54) is 32.1 Å². The van der Waals surface area contributed by atoms with Gasteiger partial charge in [-0.3, -0.25) is 13.8 Å². The van der Waals surface area contributed by atoms with Crippen molar-refractivity contribution in [1.82, 2.24) is 5.32 Å². The molecule has 280 valence electrons. The average molecular weight is 705 g/mol. The lowest BCUT2D eigenvalue weighted by atomic mass is 10.1. The first-order chi connectivity index (χ1) is 23.9. The number of rotatable bonds is 33. The Kier molecular flexibility index (Phi) is 33.8. The molecule has 0 fully saturated rings. The molecule has 0 aromatic carbocycles. The molecule has 9 heteroatoms. The van der Waals surface area contributed by atoms with Crippen molar-refractivity contribution in [3.63, 3.8) is 0 Å². The average Bonchev–Trinajstić information content (AvgIpc) is 3.09. The van der Waals surface area contributed by atoms with E-state index in [0.717, 1.165) is 70.6 Å². The quantitative estimate of drug-likeness (QED) is 0.0304. The number of nitrogens with two attached hydrogens (primary N) is 1. The number of unbranched alkanes of at least 4 members (excludes halogenated alkanes) is 9. The molecule has 0 aliphatic rings. The Labute approximate surface area is 299 Å². The van der Waals surface area contributed by atoms with Crippen molar-refractivity contribution < 1.29 is 28.4 Å². The van der Waals surface area contributed by atoms with Crippen LogP contribution in [-0.2, 0) is 18.4 Å². The standard InChI is InChI=1S/C40H69N2O6P/c1-3-5-7-9-11-13-14-15-16-17-18-19-20-21-22-23-24-26-28-30-32-34-40(44)42-38(37-48-49(45,46)47-36-35-41)39(43)33-31-29-27-25-12-10-8-6-4-2/h5,7,11,13,15-16,18-19,21-22,24,26,31,33,38-39,43H,3-4,6,8-10,12,14,17,20,23,25,27-30,32,34-37,41H2,1-2H3,(H,42,44)(H,45,46)/b7-5-,13-11-,16-15-,19-18-,22-21-,26-24-,33-31+. The number of hydrogen-bond acceptors (Lipinski definition) is 6.